The molecule has 0 saturated carbocycles. The number of benzene rings is 2. The lowest BCUT2D eigenvalue weighted by atomic mass is 10.1. The quantitative estimate of drug-likeness (QED) is 0.630. The number of anilines is 1. The van der Waals surface area contributed by atoms with Crippen LogP contribution >= 0.6 is 24.0 Å². The van der Waals surface area contributed by atoms with E-state index in [2.05, 4.69) is 4.98 Å². The van der Waals surface area contributed by atoms with Crippen LogP contribution in [0, 0.1) is 6.92 Å². The Morgan fingerprint density at radius 3 is 2.75 bits per heavy atom. The third-order valence-corrected chi connectivity index (χ3v) is 5.53. The predicted molar refractivity (Wildman–Crippen MR) is 103 cm³/mol. The number of carbonyl (C=O) groups excluding carboxylic acids is 1. The van der Waals surface area contributed by atoms with E-state index in [0.717, 1.165) is 27.8 Å². The molecule has 1 aliphatic heterocycles. The zero-order valence-electron chi connectivity index (χ0n) is 13.0. The van der Waals surface area contributed by atoms with E-state index in [1.165, 1.54) is 11.8 Å². The van der Waals surface area contributed by atoms with Crippen LogP contribution in [0.15, 0.2) is 60.7 Å². The van der Waals surface area contributed by atoms with Crippen LogP contribution in [0.4, 0.5) is 5.69 Å². The van der Waals surface area contributed by atoms with Gasteiger partial charge in [-0.15, -0.1) is 0 Å². The van der Waals surface area contributed by atoms with Crippen molar-refractivity contribution in [3.8, 4) is 0 Å². The highest BCUT2D eigenvalue weighted by Gasteiger charge is 2.39. The van der Waals surface area contributed by atoms with Crippen molar-refractivity contribution in [1.29, 1.82) is 0 Å². The van der Waals surface area contributed by atoms with Crippen LogP contribution in [0.5, 0.6) is 0 Å². The zero-order valence-corrected chi connectivity index (χ0v) is 14.6. The molecule has 0 bridgehead atoms. The smallest absolute Gasteiger partial charge is 0.252 e. The highest BCUT2D eigenvalue weighted by atomic mass is 32.2. The fraction of sp³-hybridized carbons (Fsp3) is 0.105. The van der Waals surface area contributed by atoms with Crippen molar-refractivity contribution in [2.45, 2.75) is 12.2 Å². The Kier molecular flexibility index (Phi) is 3.82. The van der Waals surface area contributed by atoms with Crippen LogP contribution < -0.4 is 4.90 Å². The van der Waals surface area contributed by atoms with Crippen molar-refractivity contribution >= 4 is 50.8 Å². The molecule has 2 aromatic carbocycles. The lowest BCUT2D eigenvalue weighted by molar-refractivity contribution is -0.117. The van der Waals surface area contributed by atoms with Crippen molar-refractivity contribution < 1.29 is 4.79 Å². The maximum Gasteiger partial charge on any atom is 0.252 e. The topological polar surface area (TPSA) is 33.2 Å². The molecule has 3 nitrogen and oxygen atoms in total. The van der Waals surface area contributed by atoms with Gasteiger partial charge in [0.1, 0.15) is 9.57 Å². The Labute approximate surface area is 149 Å². The van der Waals surface area contributed by atoms with Crippen molar-refractivity contribution in [2.75, 3.05) is 4.90 Å². The molecule has 5 heteroatoms. The third-order valence-electron chi connectivity index (χ3n) is 3.99. The number of aryl methyl sites for hydroxylation is 1. The van der Waals surface area contributed by atoms with Gasteiger partial charge in [-0.2, -0.15) is 0 Å². The van der Waals surface area contributed by atoms with Crippen molar-refractivity contribution in [3.63, 3.8) is 0 Å². The molecule has 0 N–H and O–H groups in total. The number of hydrogen-bond acceptors (Lipinski definition) is 4. The number of pyridine rings is 1. The number of aromatic nitrogens is 1. The van der Waals surface area contributed by atoms with E-state index in [4.69, 9.17) is 12.2 Å². The van der Waals surface area contributed by atoms with Crippen molar-refractivity contribution in [1.82, 2.24) is 4.98 Å². The molecule has 1 unspecified atom stereocenters. The number of thioether (sulfide) groups is 1. The van der Waals surface area contributed by atoms with Gasteiger partial charge >= 0.3 is 0 Å². The van der Waals surface area contributed by atoms with Gasteiger partial charge in [-0.25, -0.2) is 0 Å². The van der Waals surface area contributed by atoms with Crippen LogP contribution in [0.1, 0.15) is 16.5 Å². The predicted octanol–water partition coefficient (Wildman–Crippen LogP) is 4.65. The number of thiocarbonyl (C=S) groups is 1. The highest BCUT2D eigenvalue weighted by Crippen LogP contribution is 2.41. The van der Waals surface area contributed by atoms with Crippen LogP contribution in [0.2, 0.25) is 0 Å². The molecule has 24 heavy (non-hydrogen) atoms. The summed E-state index contributed by atoms with van der Waals surface area (Å²) in [6, 6.07) is 19.6. The SMILES string of the molecule is Cc1cccc(N2C(=O)C(c3ccc4ccccc4n3)SC2=S)c1. The summed E-state index contributed by atoms with van der Waals surface area (Å²) in [6.45, 7) is 2.00. The molecule has 3 aromatic rings. The molecule has 1 fully saturated rings. The average molecular weight is 350 g/mol. The van der Waals surface area contributed by atoms with Gasteiger partial charge in [0.2, 0.25) is 0 Å². The summed E-state index contributed by atoms with van der Waals surface area (Å²) in [5.74, 6) is -0.0293. The summed E-state index contributed by atoms with van der Waals surface area (Å²) < 4.78 is 0.575. The van der Waals surface area contributed by atoms with E-state index in [-0.39, 0.29) is 11.2 Å². The number of carbonyl (C=O) groups is 1. The third kappa shape index (κ3) is 2.60. The van der Waals surface area contributed by atoms with Gasteiger partial charge in [0.15, 0.2) is 0 Å². The largest absolute Gasteiger partial charge is 0.272 e. The lowest BCUT2D eigenvalue weighted by Gasteiger charge is -2.16. The summed E-state index contributed by atoms with van der Waals surface area (Å²) >= 11 is 6.85. The number of para-hydroxylation sites is 1. The van der Waals surface area contributed by atoms with Crippen LogP contribution in [-0.4, -0.2) is 15.2 Å². The second kappa shape index (κ2) is 6.00. The second-order valence-corrected chi connectivity index (χ2v) is 7.44. The maximum absolute atomic E-state index is 12.9. The lowest BCUT2D eigenvalue weighted by Crippen LogP contribution is -2.29. The molecule has 2 heterocycles. The highest BCUT2D eigenvalue weighted by molar-refractivity contribution is 8.24. The zero-order chi connectivity index (χ0) is 16.7. The Hall–Kier alpha value is -2.24. The monoisotopic (exact) mass is 350 g/mol. The molecule has 1 aliphatic rings. The molecule has 1 saturated heterocycles. The van der Waals surface area contributed by atoms with E-state index in [9.17, 15) is 4.79 Å². The Morgan fingerprint density at radius 1 is 1.08 bits per heavy atom. The summed E-state index contributed by atoms with van der Waals surface area (Å²) in [6.07, 6.45) is 0. The number of rotatable bonds is 2. The first-order valence-electron chi connectivity index (χ1n) is 7.60. The fourth-order valence-corrected chi connectivity index (χ4v) is 4.27. The van der Waals surface area contributed by atoms with Gasteiger partial charge in [-0.1, -0.05) is 60.4 Å². The summed E-state index contributed by atoms with van der Waals surface area (Å²) in [4.78, 5) is 19.2. The summed E-state index contributed by atoms with van der Waals surface area (Å²) in [5, 5.41) is 0.678. The molecule has 1 atom stereocenters. The average Bonchev–Trinajstić information content (AvgIpc) is 2.89. The minimum Gasteiger partial charge on any atom is -0.272 e. The molecular formula is C19H14N2OS2. The first-order valence-corrected chi connectivity index (χ1v) is 8.89. The van der Waals surface area contributed by atoms with Gasteiger partial charge in [-0.3, -0.25) is 14.7 Å². The van der Waals surface area contributed by atoms with Gasteiger partial charge in [0.25, 0.3) is 5.91 Å². The molecule has 1 aromatic heterocycles. The summed E-state index contributed by atoms with van der Waals surface area (Å²) in [7, 11) is 0. The van der Waals surface area contributed by atoms with Gasteiger partial charge in [-0.05, 0) is 36.8 Å². The molecule has 1 amide bonds. The van der Waals surface area contributed by atoms with Gasteiger partial charge in [0.05, 0.1) is 16.9 Å². The number of fused-ring (bicyclic) bond motifs is 1. The summed E-state index contributed by atoms with van der Waals surface area (Å²) in [5.41, 5.74) is 3.56. The van der Waals surface area contributed by atoms with E-state index in [0.29, 0.717) is 4.32 Å². The Morgan fingerprint density at radius 2 is 1.92 bits per heavy atom. The molecule has 4 rings (SSSR count). The molecule has 118 valence electrons. The fourth-order valence-electron chi connectivity index (χ4n) is 2.83. The van der Waals surface area contributed by atoms with E-state index >= 15 is 0 Å². The van der Waals surface area contributed by atoms with E-state index in [1.54, 1.807) is 4.90 Å². The number of hydrogen-bond donors (Lipinski definition) is 0. The minimum absolute atomic E-state index is 0.0293. The van der Waals surface area contributed by atoms with E-state index < -0.39 is 0 Å². The van der Waals surface area contributed by atoms with Crippen molar-refractivity contribution in [3.05, 3.63) is 71.9 Å². The van der Waals surface area contributed by atoms with Crippen LogP contribution in [0.25, 0.3) is 10.9 Å². The van der Waals surface area contributed by atoms with Gasteiger partial charge < -0.3 is 0 Å². The normalized spacial score (nSPS) is 17.7. The van der Waals surface area contributed by atoms with Crippen LogP contribution in [0.3, 0.4) is 0 Å². The number of amides is 1. The van der Waals surface area contributed by atoms with Crippen LogP contribution in [-0.2, 0) is 4.79 Å². The van der Waals surface area contributed by atoms with Crippen molar-refractivity contribution in [2.24, 2.45) is 0 Å². The van der Waals surface area contributed by atoms with Gasteiger partial charge in [0, 0.05) is 5.39 Å². The molecule has 0 aliphatic carbocycles. The molecule has 0 radical (unpaired) electrons. The maximum atomic E-state index is 12.9. The number of nitrogens with zero attached hydrogens (tertiary/aromatic N) is 2. The Balaban J connectivity index is 1.72. The molecule has 0 spiro atoms. The van der Waals surface area contributed by atoms with E-state index in [1.807, 2.05) is 67.6 Å². The molecular weight excluding hydrogens is 336 g/mol. The first-order chi connectivity index (χ1) is 11.6. The Bertz CT molecular complexity index is 970. The first kappa shape index (κ1) is 15.3. The second-order valence-electron chi connectivity index (χ2n) is 5.71. The standard InChI is InChI=1S/C19H14N2OS2/c1-12-5-4-7-14(11-12)21-18(22)17(24-19(21)23)16-10-9-13-6-2-3-8-15(13)20-16/h2-11,17H,1H3. The minimum atomic E-state index is -0.386.